The van der Waals surface area contributed by atoms with E-state index in [9.17, 15) is 9.90 Å². The quantitative estimate of drug-likeness (QED) is 0.812. The maximum absolute atomic E-state index is 12.2. The Hall–Kier alpha value is -1.99. The van der Waals surface area contributed by atoms with Gasteiger partial charge in [0.2, 0.25) is 0 Å². The highest BCUT2D eigenvalue weighted by molar-refractivity contribution is 5.89. The standard InChI is InChI=1S/C16H20N2O2/c1-3-13-6-4-8-15(10-13)17-16(20)18-9-5-7-14(11-18)12(2)19/h1,4,6,8,10,12,14,19H,5,7,9,11H2,2H3,(H,17,20). The first kappa shape index (κ1) is 14.4. The highest BCUT2D eigenvalue weighted by Gasteiger charge is 2.26. The molecule has 4 heteroatoms. The third-order valence-electron chi connectivity index (χ3n) is 3.71. The molecule has 1 aromatic rings. The molecule has 2 amide bonds. The largest absolute Gasteiger partial charge is 0.393 e. The summed E-state index contributed by atoms with van der Waals surface area (Å²) in [5.74, 6) is 2.70. The summed E-state index contributed by atoms with van der Waals surface area (Å²) in [6.45, 7) is 3.10. The molecule has 0 radical (unpaired) electrons. The van der Waals surface area contributed by atoms with Crippen LogP contribution in [0.15, 0.2) is 24.3 Å². The zero-order valence-corrected chi connectivity index (χ0v) is 11.7. The van der Waals surface area contributed by atoms with Gasteiger partial charge in [-0.1, -0.05) is 12.0 Å². The molecular formula is C16H20N2O2. The fraction of sp³-hybridized carbons (Fsp3) is 0.438. The van der Waals surface area contributed by atoms with Gasteiger partial charge in [0.15, 0.2) is 0 Å². The molecular weight excluding hydrogens is 252 g/mol. The van der Waals surface area contributed by atoms with Gasteiger partial charge in [-0.3, -0.25) is 0 Å². The van der Waals surface area contributed by atoms with E-state index in [4.69, 9.17) is 6.42 Å². The lowest BCUT2D eigenvalue weighted by atomic mass is 9.94. The van der Waals surface area contributed by atoms with Crippen LogP contribution in [0.5, 0.6) is 0 Å². The van der Waals surface area contributed by atoms with Crippen molar-refractivity contribution in [1.29, 1.82) is 0 Å². The van der Waals surface area contributed by atoms with Crippen LogP contribution in [0.2, 0.25) is 0 Å². The van der Waals surface area contributed by atoms with Gasteiger partial charge in [-0.2, -0.15) is 0 Å². The van der Waals surface area contributed by atoms with E-state index >= 15 is 0 Å². The fourth-order valence-electron chi connectivity index (χ4n) is 2.48. The lowest BCUT2D eigenvalue weighted by Gasteiger charge is -2.34. The van der Waals surface area contributed by atoms with E-state index in [1.165, 1.54) is 0 Å². The van der Waals surface area contributed by atoms with Gasteiger partial charge >= 0.3 is 6.03 Å². The number of nitrogens with one attached hydrogen (secondary N) is 1. The number of rotatable bonds is 2. The molecule has 2 unspecified atom stereocenters. The van der Waals surface area contributed by atoms with Gasteiger partial charge in [0.1, 0.15) is 0 Å². The number of likely N-dealkylation sites (tertiary alicyclic amines) is 1. The maximum atomic E-state index is 12.2. The van der Waals surface area contributed by atoms with Crippen molar-refractivity contribution in [2.75, 3.05) is 18.4 Å². The Kier molecular flexibility index (Phi) is 4.65. The van der Waals surface area contributed by atoms with Crippen molar-refractivity contribution < 1.29 is 9.90 Å². The van der Waals surface area contributed by atoms with E-state index in [0.717, 1.165) is 24.9 Å². The Balaban J connectivity index is 1.99. The molecule has 2 atom stereocenters. The first-order valence-corrected chi connectivity index (χ1v) is 6.91. The Morgan fingerprint density at radius 1 is 1.60 bits per heavy atom. The normalized spacial score (nSPS) is 20.1. The van der Waals surface area contributed by atoms with Gasteiger partial charge in [0.05, 0.1) is 6.10 Å². The number of carbonyl (C=O) groups is 1. The third kappa shape index (κ3) is 3.52. The summed E-state index contributed by atoms with van der Waals surface area (Å²) >= 11 is 0. The molecule has 0 aliphatic carbocycles. The second kappa shape index (κ2) is 6.44. The zero-order valence-electron chi connectivity index (χ0n) is 11.7. The fourth-order valence-corrected chi connectivity index (χ4v) is 2.48. The van der Waals surface area contributed by atoms with E-state index in [1.54, 1.807) is 17.9 Å². The number of benzene rings is 1. The van der Waals surface area contributed by atoms with E-state index < -0.39 is 0 Å². The highest BCUT2D eigenvalue weighted by atomic mass is 16.3. The summed E-state index contributed by atoms with van der Waals surface area (Å²) < 4.78 is 0. The van der Waals surface area contributed by atoms with Crippen LogP contribution in [0.25, 0.3) is 0 Å². The van der Waals surface area contributed by atoms with Crippen LogP contribution in [0, 0.1) is 18.3 Å². The molecule has 1 aliphatic rings. The minimum absolute atomic E-state index is 0.135. The van der Waals surface area contributed by atoms with Crippen molar-refractivity contribution in [3.8, 4) is 12.3 Å². The number of anilines is 1. The first-order valence-electron chi connectivity index (χ1n) is 6.91. The Labute approximate surface area is 119 Å². The van der Waals surface area contributed by atoms with Gasteiger partial charge in [0.25, 0.3) is 0 Å². The SMILES string of the molecule is C#Cc1cccc(NC(=O)N2CCCC(C(C)O)C2)c1. The second-order valence-corrected chi connectivity index (χ2v) is 5.24. The van der Waals surface area contributed by atoms with Gasteiger partial charge in [-0.15, -0.1) is 6.42 Å². The number of aliphatic hydroxyl groups excluding tert-OH is 1. The number of hydrogen-bond donors (Lipinski definition) is 2. The molecule has 106 valence electrons. The van der Waals surface area contributed by atoms with E-state index in [0.29, 0.717) is 12.2 Å². The minimum Gasteiger partial charge on any atom is -0.393 e. The first-order chi connectivity index (χ1) is 9.60. The maximum Gasteiger partial charge on any atom is 0.321 e. The summed E-state index contributed by atoms with van der Waals surface area (Å²) in [5, 5.41) is 12.5. The highest BCUT2D eigenvalue weighted by Crippen LogP contribution is 2.20. The Bertz CT molecular complexity index is 519. The molecule has 20 heavy (non-hydrogen) atoms. The van der Waals surface area contributed by atoms with Crippen molar-refractivity contribution >= 4 is 11.7 Å². The van der Waals surface area contributed by atoms with Gasteiger partial charge in [-0.25, -0.2) is 4.79 Å². The number of amides is 2. The third-order valence-corrected chi connectivity index (χ3v) is 3.71. The van der Waals surface area contributed by atoms with Gasteiger partial charge in [-0.05, 0) is 38.0 Å². The summed E-state index contributed by atoms with van der Waals surface area (Å²) in [7, 11) is 0. The van der Waals surface area contributed by atoms with E-state index in [-0.39, 0.29) is 18.1 Å². The number of urea groups is 1. The summed E-state index contributed by atoms with van der Waals surface area (Å²) in [6.07, 6.45) is 6.85. The van der Waals surface area contributed by atoms with E-state index in [2.05, 4.69) is 11.2 Å². The molecule has 1 aliphatic heterocycles. The lowest BCUT2D eigenvalue weighted by Crippen LogP contribution is -2.44. The van der Waals surface area contributed by atoms with Crippen LogP contribution in [0.4, 0.5) is 10.5 Å². The van der Waals surface area contributed by atoms with Gasteiger partial charge in [0, 0.05) is 30.3 Å². The molecule has 0 saturated carbocycles. The lowest BCUT2D eigenvalue weighted by molar-refractivity contribution is 0.0766. The molecule has 1 aromatic carbocycles. The molecule has 0 aromatic heterocycles. The van der Waals surface area contributed by atoms with Crippen molar-refractivity contribution in [3.05, 3.63) is 29.8 Å². The molecule has 1 heterocycles. The molecule has 0 spiro atoms. The van der Waals surface area contributed by atoms with Crippen molar-refractivity contribution in [2.45, 2.75) is 25.9 Å². The van der Waals surface area contributed by atoms with Crippen LogP contribution in [0.3, 0.4) is 0 Å². The molecule has 2 rings (SSSR count). The van der Waals surface area contributed by atoms with Crippen LogP contribution in [-0.4, -0.2) is 35.2 Å². The monoisotopic (exact) mass is 272 g/mol. The number of nitrogens with zero attached hydrogens (tertiary/aromatic N) is 1. The number of aliphatic hydroxyl groups is 1. The average Bonchev–Trinajstić information content (AvgIpc) is 2.47. The number of hydrogen-bond acceptors (Lipinski definition) is 2. The van der Waals surface area contributed by atoms with Crippen LogP contribution in [-0.2, 0) is 0 Å². The Morgan fingerprint density at radius 2 is 2.40 bits per heavy atom. The molecule has 1 saturated heterocycles. The number of piperidine rings is 1. The smallest absolute Gasteiger partial charge is 0.321 e. The molecule has 4 nitrogen and oxygen atoms in total. The second-order valence-electron chi connectivity index (χ2n) is 5.24. The summed E-state index contributed by atoms with van der Waals surface area (Å²) in [6, 6.07) is 7.09. The van der Waals surface area contributed by atoms with Gasteiger partial charge < -0.3 is 15.3 Å². The zero-order chi connectivity index (χ0) is 14.5. The summed E-state index contributed by atoms with van der Waals surface area (Å²) in [5.41, 5.74) is 1.44. The van der Waals surface area contributed by atoms with Crippen LogP contribution >= 0.6 is 0 Å². The summed E-state index contributed by atoms with van der Waals surface area (Å²) in [4.78, 5) is 14.0. The number of terminal acetylenes is 1. The van der Waals surface area contributed by atoms with Crippen molar-refractivity contribution in [1.82, 2.24) is 4.90 Å². The topological polar surface area (TPSA) is 52.6 Å². The molecule has 1 fully saturated rings. The average molecular weight is 272 g/mol. The van der Waals surface area contributed by atoms with Crippen LogP contribution in [0.1, 0.15) is 25.3 Å². The predicted molar refractivity (Wildman–Crippen MR) is 79.4 cm³/mol. The number of carbonyl (C=O) groups excluding carboxylic acids is 1. The molecule has 2 N–H and O–H groups in total. The van der Waals surface area contributed by atoms with Crippen molar-refractivity contribution in [2.24, 2.45) is 5.92 Å². The Morgan fingerprint density at radius 3 is 3.10 bits per heavy atom. The van der Waals surface area contributed by atoms with E-state index in [1.807, 2.05) is 18.2 Å². The van der Waals surface area contributed by atoms with Crippen molar-refractivity contribution in [3.63, 3.8) is 0 Å². The van der Waals surface area contributed by atoms with Crippen LogP contribution < -0.4 is 5.32 Å². The predicted octanol–water partition coefficient (Wildman–Crippen LogP) is 2.29. The minimum atomic E-state index is -0.379. The molecule has 0 bridgehead atoms.